The summed E-state index contributed by atoms with van der Waals surface area (Å²) in [4.78, 5) is 14.8. The van der Waals surface area contributed by atoms with Crippen molar-refractivity contribution in [2.75, 3.05) is 7.11 Å². The number of nitrogens with zero attached hydrogens (tertiary/aromatic N) is 1. The molecule has 2 rings (SSSR count). The second-order valence-corrected chi connectivity index (χ2v) is 4.40. The molecule has 2 aromatic rings. The van der Waals surface area contributed by atoms with Crippen LogP contribution in [-0.2, 0) is 0 Å². The molecule has 0 atom stereocenters. The first kappa shape index (κ1) is 11.6. The van der Waals surface area contributed by atoms with Crippen molar-refractivity contribution in [2.45, 2.75) is 6.92 Å². The van der Waals surface area contributed by atoms with Gasteiger partial charge in [0.2, 0.25) is 0 Å². The van der Waals surface area contributed by atoms with E-state index in [1.807, 2.05) is 25.1 Å². The van der Waals surface area contributed by atoms with Gasteiger partial charge in [0.25, 0.3) is 0 Å². The number of aromatic carboxylic acids is 1. The highest BCUT2D eigenvalue weighted by atomic mass is 32.1. The lowest BCUT2D eigenvalue weighted by molar-refractivity contribution is 0.0691. The number of benzene rings is 1. The minimum absolute atomic E-state index is 0.0635. The van der Waals surface area contributed by atoms with Gasteiger partial charge in [0.05, 0.1) is 12.7 Å². The molecule has 17 heavy (non-hydrogen) atoms. The van der Waals surface area contributed by atoms with Gasteiger partial charge in [-0.25, -0.2) is 9.78 Å². The topological polar surface area (TPSA) is 59.4 Å². The van der Waals surface area contributed by atoms with E-state index in [2.05, 4.69) is 4.98 Å². The molecule has 1 aromatic heterocycles. The van der Waals surface area contributed by atoms with Gasteiger partial charge < -0.3 is 9.84 Å². The lowest BCUT2D eigenvalue weighted by Crippen LogP contribution is -1.96. The van der Waals surface area contributed by atoms with Crippen LogP contribution in [0, 0.1) is 6.92 Å². The van der Waals surface area contributed by atoms with Gasteiger partial charge in [0, 0.05) is 5.38 Å². The van der Waals surface area contributed by atoms with E-state index in [9.17, 15) is 4.79 Å². The summed E-state index contributed by atoms with van der Waals surface area (Å²) in [6.07, 6.45) is 0. The summed E-state index contributed by atoms with van der Waals surface area (Å²) in [5.41, 5.74) is 1.96. The zero-order valence-corrected chi connectivity index (χ0v) is 10.2. The van der Waals surface area contributed by atoms with Gasteiger partial charge in [-0.05, 0) is 19.1 Å². The van der Waals surface area contributed by atoms with Gasteiger partial charge >= 0.3 is 5.97 Å². The molecule has 0 spiro atoms. The fourth-order valence-corrected chi connectivity index (χ4v) is 2.30. The van der Waals surface area contributed by atoms with Crippen molar-refractivity contribution in [3.8, 4) is 16.3 Å². The van der Waals surface area contributed by atoms with Crippen molar-refractivity contribution >= 4 is 17.3 Å². The van der Waals surface area contributed by atoms with E-state index in [0.717, 1.165) is 11.1 Å². The largest absolute Gasteiger partial charge is 0.496 e. The van der Waals surface area contributed by atoms with Gasteiger partial charge in [-0.2, -0.15) is 0 Å². The number of hydrogen-bond donors (Lipinski definition) is 1. The number of rotatable bonds is 3. The molecule has 0 aliphatic heterocycles. The highest BCUT2D eigenvalue weighted by Crippen LogP contribution is 2.32. The number of aryl methyl sites for hydroxylation is 1. The molecule has 4 nitrogen and oxygen atoms in total. The van der Waals surface area contributed by atoms with Crippen LogP contribution in [0.15, 0.2) is 23.6 Å². The van der Waals surface area contributed by atoms with Crippen LogP contribution in [0.2, 0.25) is 0 Å². The normalized spacial score (nSPS) is 10.2. The number of carboxylic acid groups (broad SMARTS) is 1. The number of methoxy groups -OCH3 is 1. The number of thiazole rings is 1. The fraction of sp³-hybridized carbons (Fsp3) is 0.167. The highest BCUT2D eigenvalue weighted by Gasteiger charge is 2.13. The quantitative estimate of drug-likeness (QED) is 0.908. The van der Waals surface area contributed by atoms with E-state index in [0.29, 0.717) is 10.8 Å². The molecule has 1 N–H and O–H groups in total. The first-order valence-corrected chi connectivity index (χ1v) is 5.83. The molecule has 0 saturated heterocycles. The Hall–Kier alpha value is -1.88. The Labute approximate surface area is 103 Å². The van der Waals surface area contributed by atoms with E-state index in [4.69, 9.17) is 9.84 Å². The first-order chi connectivity index (χ1) is 8.11. The molecular formula is C12H11NO3S. The standard InChI is InChI=1S/C12H11NO3S/c1-7-3-4-10(16-2)8(5-7)11-13-9(6-17-11)12(14)15/h3-6H,1-2H3,(H,14,15). The molecule has 0 saturated carbocycles. The Balaban J connectivity index is 2.51. The van der Waals surface area contributed by atoms with E-state index in [1.165, 1.54) is 16.7 Å². The first-order valence-electron chi connectivity index (χ1n) is 4.95. The third kappa shape index (κ3) is 2.29. The maximum Gasteiger partial charge on any atom is 0.355 e. The molecule has 0 fully saturated rings. The predicted molar refractivity (Wildman–Crippen MR) is 65.8 cm³/mol. The molecule has 0 aliphatic carbocycles. The summed E-state index contributed by atoms with van der Waals surface area (Å²) in [5.74, 6) is -0.319. The third-order valence-corrected chi connectivity index (χ3v) is 3.18. The van der Waals surface area contributed by atoms with Crippen LogP contribution in [-0.4, -0.2) is 23.2 Å². The summed E-state index contributed by atoms with van der Waals surface area (Å²) in [6.45, 7) is 1.97. The van der Waals surface area contributed by atoms with Gasteiger partial charge in [-0.3, -0.25) is 0 Å². The van der Waals surface area contributed by atoms with Crippen LogP contribution in [0.25, 0.3) is 10.6 Å². The van der Waals surface area contributed by atoms with Gasteiger partial charge in [-0.15, -0.1) is 11.3 Å². The summed E-state index contributed by atoms with van der Waals surface area (Å²) in [5, 5.41) is 11.0. The number of carboxylic acids is 1. The van der Waals surface area contributed by atoms with E-state index < -0.39 is 5.97 Å². The summed E-state index contributed by atoms with van der Waals surface area (Å²) < 4.78 is 5.24. The molecule has 0 bridgehead atoms. The molecule has 1 aromatic carbocycles. The zero-order valence-electron chi connectivity index (χ0n) is 9.43. The van der Waals surface area contributed by atoms with Gasteiger partial charge in [0.15, 0.2) is 5.69 Å². The van der Waals surface area contributed by atoms with Crippen molar-refractivity contribution in [2.24, 2.45) is 0 Å². The molecular weight excluding hydrogens is 238 g/mol. The summed E-state index contributed by atoms with van der Waals surface area (Å²) >= 11 is 1.30. The van der Waals surface area contributed by atoms with Crippen LogP contribution in [0.5, 0.6) is 5.75 Å². The Morgan fingerprint density at radius 2 is 2.24 bits per heavy atom. The van der Waals surface area contributed by atoms with Crippen molar-refractivity contribution < 1.29 is 14.6 Å². The average Bonchev–Trinajstić information content (AvgIpc) is 2.78. The highest BCUT2D eigenvalue weighted by molar-refractivity contribution is 7.13. The molecule has 0 aliphatic rings. The SMILES string of the molecule is COc1ccc(C)cc1-c1nc(C(=O)O)cs1. The Bertz CT molecular complexity index is 563. The average molecular weight is 249 g/mol. The molecule has 5 heteroatoms. The van der Waals surface area contributed by atoms with Crippen LogP contribution in [0.1, 0.15) is 16.1 Å². The van der Waals surface area contributed by atoms with Crippen LogP contribution >= 0.6 is 11.3 Å². The van der Waals surface area contributed by atoms with E-state index in [1.54, 1.807) is 7.11 Å². The summed E-state index contributed by atoms with van der Waals surface area (Å²) in [6, 6.07) is 5.73. The van der Waals surface area contributed by atoms with Gasteiger partial charge in [0.1, 0.15) is 10.8 Å². The zero-order chi connectivity index (χ0) is 12.4. The Morgan fingerprint density at radius 1 is 1.47 bits per heavy atom. The lowest BCUT2D eigenvalue weighted by Gasteiger charge is -2.06. The monoisotopic (exact) mass is 249 g/mol. The number of aromatic nitrogens is 1. The molecule has 0 amide bonds. The minimum Gasteiger partial charge on any atom is -0.496 e. The lowest BCUT2D eigenvalue weighted by atomic mass is 10.1. The van der Waals surface area contributed by atoms with Crippen LogP contribution in [0.4, 0.5) is 0 Å². The second-order valence-electron chi connectivity index (χ2n) is 3.55. The number of hydrogen-bond acceptors (Lipinski definition) is 4. The molecule has 0 radical (unpaired) electrons. The number of ether oxygens (including phenoxy) is 1. The van der Waals surface area contributed by atoms with Gasteiger partial charge in [-0.1, -0.05) is 11.6 Å². The van der Waals surface area contributed by atoms with Crippen molar-refractivity contribution in [3.63, 3.8) is 0 Å². The number of carbonyl (C=O) groups is 1. The van der Waals surface area contributed by atoms with E-state index >= 15 is 0 Å². The van der Waals surface area contributed by atoms with Crippen LogP contribution in [0.3, 0.4) is 0 Å². The fourth-order valence-electron chi connectivity index (χ4n) is 1.48. The minimum atomic E-state index is -1.01. The predicted octanol–water partition coefficient (Wildman–Crippen LogP) is 2.83. The smallest absolute Gasteiger partial charge is 0.355 e. The van der Waals surface area contributed by atoms with Crippen molar-refractivity contribution in [1.82, 2.24) is 4.98 Å². The second kappa shape index (κ2) is 4.55. The third-order valence-electron chi connectivity index (χ3n) is 2.31. The molecule has 0 unspecified atom stereocenters. The van der Waals surface area contributed by atoms with E-state index in [-0.39, 0.29) is 5.69 Å². The molecule has 1 heterocycles. The van der Waals surface area contributed by atoms with Crippen molar-refractivity contribution in [1.29, 1.82) is 0 Å². The molecule has 88 valence electrons. The Kier molecular flexibility index (Phi) is 3.10. The Morgan fingerprint density at radius 3 is 2.82 bits per heavy atom. The maximum absolute atomic E-state index is 10.8. The van der Waals surface area contributed by atoms with Crippen LogP contribution < -0.4 is 4.74 Å². The summed E-state index contributed by atoms with van der Waals surface area (Å²) in [7, 11) is 1.58. The van der Waals surface area contributed by atoms with Crippen molar-refractivity contribution in [3.05, 3.63) is 34.8 Å². The maximum atomic E-state index is 10.8.